The number of aryl methyl sites for hydroxylation is 2. The van der Waals surface area contributed by atoms with Crippen molar-refractivity contribution in [3.63, 3.8) is 0 Å². The molecule has 50 heavy (non-hydrogen) atoms. The lowest BCUT2D eigenvalue weighted by Crippen LogP contribution is -2.72. The van der Waals surface area contributed by atoms with E-state index < -0.39 is 64.5 Å². The Labute approximate surface area is 297 Å². The van der Waals surface area contributed by atoms with Crippen LogP contribution in [0.4, 0.5) is 14.7 Å². The second-order valence-corrected chi connectivity index (χ2v) is 15.5. The van der Waals surface area contributed by atoms with E-state index in [9.17, 15) is 28.8 Å². The van der Waals surface area contributed by atoms with Crippen LogP contribution in [0.3, 0.4) is 0 Å². The number of ether oxygens (including phenoxy) is 2. The average molecular weight is 739 g/mol. The molecule has 2 aromatic heterocycles. The zero-order valence-corrected chi connectivity index (χ0v) is 31.1. The summed E-state index contributed by atoms with van der Waals surface area (Å²) in [5.74, 6) is -2.29. The first kappa shape index (κ1) is 39.7. The van der Waals surface area contributed by atoms with Gasteiger partial charge in [-0.3, -0.25) is 19.7 Å². The fourth-order valence-corrected chi connectivity index (χ4v) is 5.12. The Morgan fingerprint density at radius 1 is 1.04 bits per heavy atom. The molecule has 0 bridgehead atoms. The number of rotatable bonds is 11. The van der Waals surface area contributed by atoms with Gasteiger partial charge in [-0.05, 0) is 62.3 Å². The van der Waals surface area contributed by atoms with Crippen LogP contribution in [0.15, 0.2) is 22.2 Å². The largest absolute Gasteiger partial charge is 0.457 e. The van der Waals surface area contributed by atoms with Gasteiger partial charge in [-0.2, -0.15) is 0 Å². The van der Waals surface area contributed by atoms with Crippen molar-refractivity contribution < 1.29 is 38.3 Å². The number of β-lactam (4-membered cyclic amide) rings is 1. The molecule has 0 aromatic carbocycles. The average Bonchev–Trinajstić information content (AvgIpc) is 3.31. The standard InChI is InChI=1S/C31H43ClN8O9S/c1-15-14-40(10)16(11-18(15)41)12-33-26(45)34-13-17-19(23(42)35-17)36-24(43)21(39-49-31(8,9)25(44)47-29(2,3)4)20-22(32)50-27(37-20)38-28(46)48-30(5,6)7/h11,14,17,19H,12-13H2,1-10H3,(H,35,42)(H,36,43)(H2,33,34,45)(H,37,38,46)/b39-21-/t17-,19+/m1/s1. The maximum atomic E-state index is 13.7. The molecule has 274 valence electrons. The normalized spacial score (nSPS) is 16.4. The number of halogens is 1. The molecule has 2 aromatic rings. The van der Waals surface area contributed by atoms with Crippen molar-refractivity contribution in [3.8, 4) is 0 Å². The van der Waals surface area contributed by atoms with Gasteiger partial charge in [0, 0.05) is 37.1 Å². The molecular formula is C31H43ClN8O9S. The van der Waals surface area contributed by atoms with Gasteiger partial charge in [0.2, 0.25) is 11.5 Å². The van der Waals surface area contributed by atoms with E-state index in [1.807, 2.05) is 0 Å². The molecule has 5 amide bonds. The third kappa shape index (κ3) is 11.2. The molecule has 19 heteroatoms. The highest BCUT2D eigenvalue weighted by molar-refractivity contribution is 7.20. The molecule has 1 fully saturated rings. The van der Waals surface area contributed by atoms with Crippen molar-refractivity contribution in [2.24, 2.45) is 12.2 Å². The van der Waals surface area contributed by atoms with E-state index in [-0.39, 0.29) is 33.7 Å². The highest BCUT2D eigenvalue weighted by Crippen LogP contribution is 2.30. The number of esters is 1. The van der Waals surface area contributed by atoms with Crippen LogP contribution in [0, 0.1) is 6.92 Å². The molecule has 0 aliphatic carbocycles. The number of nitrogens with zero attached hydrogens (tertiary/aromatic N) is 3. The van der Waals surface area contributed by atoms with Crippen LogP contribution < -0.4 is 32.0 Å². The smallest absolute Gasteiger partial charge is 0.413 e. The number of aromatic nitrogens is 2. The van der Waals surface area contributed by atoms with Crippen LogP contribution in [0.5, 0.6) is 0 Å². The lowest BCUT2D eigenvalue weighted by Gasteiger charge is -2.37. The molecule has 0 saturated carbocycles. The van der Waals surface area contributed by atoms with E-state index >= 15 is 0 Å². The Morgan fingerprint density at radius 3 is 2.28 bits per heavy atom. The number of nitrogens with one attached hydrogen (secondary N) is 5. The molecule has 17 nitrogen and oxygen atoms in total. The van der Waals surface area contributed by atoms with Gasteiger partial charge >= 0.3 is 18.1 Å². The number of pyridine rings is 1. The zero-order valence-electron chi connectivity index (χ0n) is 29.5. The minimum Gasteiger partial charge on any atom is -0.457 e. The first-order valence-corrected chi connectivity index (χ1v) is 16.6. The van der Waals surface area contributed by atoms with Gasteiger partial charge in [0.25, 0.3) is 5.91 Å². The lowest BCUT2D eigenvalue weighted by molar-refractivity contribution is -0.179. The number of hydrogen-bond acceptors (Lipinski definition) is 12. The number of hydrogen-bond donors (Lipinski definition) is 5. The van der Waals surface area contributed by atoms with Crippen molar-refractivity contribution in [2.75, 3.05) is 11.9 Å². The minimum absolute atomic E-state index is 0.0358. The van der Waals surface area contributed by atoms with Gasteiger partial charge in [-0.15, -0.1) is 0 Å². The Morgan fingerprint density at radius 2 is 1.68 bits per heavy atom. The van der Waals surface area contributed by atoms with Crippen molar-refractivity contribution in [1.82, 2.24) is 30.8 Å². The number of urea groups is 1. The number of carbonyl (C=O) groups excluding carboxylic acids is 5. The number of carbonyl (C=O) groups is 5. The predicted molar refractivity (Wildman–Crippen MR) is 185 cm³/mol. The monoisotopic (exact) mass is 738 g/mol. The Kier molecular flexibility index (Phi) is 12.3. The first-order valence-electron chi connectivity index (χ1n) is 15.4. The van der Waals surface area contributed by atoms with Crippen LogP contribution in [0.2, 0.25) is 4.34 Å². The number of amides is 5. The SMILES string of the molecule is Cc1cn(C)c(CNC(=O)NC[C@H]2NC(=O)[C@H]2NC(=O)/C(=N\OC(C)(C)C(=O)OC(C)(C)C)c2nc(NC(=O)OC(C)(C)C)sc2Cl)cc1=O. The summed E-state index contributed by atoms with van der Waals surface area (Å²) in [5, 5.41) is 16.7. The number of thiazole rings is 1. The maximum Gasteiger partial charge on any atom is 0.413 e. The predicted octanol–water partition coefficient (Wildman–Crippen LogP) is 2.47. The van der Waals surface area contributed by atoms with E-state index in [2.05, 4.69) is 36.7 Å². The van der Waals surface area contributed by atoms with Gasteiger partial charge in [0.05, 0.1) is 12.6 Å². The zero-order chi connectivity index (χ0) is 37.8. The van der Waals surface area contributed by atoms with E-state index in [1.54, 1.807) is 66.3 Å². The number of anilines is 1. The molecule has 0 spiro atoms. The van der Waals surface area contributed by atoms with E-state index in [0.717, 1.165) is 11.3 Å². The summed E-state index contributed by atoms with van der Waals surface area (Å²) in [6, 6.07) is -1.00. The second-order valence-electron chi connectivity index (χ2n) is 13.9. The molecule has 2 atom stereocenters. The quantitative estimate of drug-likeness (QED) is 0.0981. The van der Waals surface area contributed by atoms with Crippen LogP contribution in [0.1, 0.15) is 72.3 Å². The summed E-state index contributed by atoms with van der Waals surface area (Å²) >= 11 is 7.23. The fourth-order valence-electron chi connectivity index (χ4n) is 4.08. The Hall–Kier alpha value is -4.71. The molecular weight excluding hydrogens is 696 g/mol. The summed E-state index contributed by atoms with van der Waals surface area (Å²) in [7, 11) is 1.75. The van der Waals surface area contributed by atoms with Gasteiger partial charge in [-0.25, -0.2) is 19.4 Å². The number of oxime groups is 1. The Bertz CT molecular complexity index is 1740. The summed E-state index contributed by atoms with van der Waals surface area (Å²) in [6.07, 6.45) is 0.834. The minimum atomic E-state index is -1.68. The van der Waals surface area contributed by atoms with Gasteiger partial charge < -0.3 is 40.1 Å². The third-order valence-corrected chi connectivity index (χ3v) is 7.80. The summed E-state index contributed by atoms with van der Waals surface area (Å²) in [4.78, 5) is 85.5. The third-order valence-electron chi connectivity index (χ3n) is 6.63. The summed E-state index contributed by atoms with van der Waals surface area (Å²) < 4.78 is 12.3. The van der Waals surface area contributed by atoms with Gasteiger partial charge in [0.15, 0.2) is 16.3 Å². The molecule has 0 unspecified atom stereocenters. The van der Waals surface area contributed by atoms with E-state index in [1.165, 1.54) is 19.9 Å². The van der Waals surface area contributed by atoms with Crippen LogP contribution in [0.25, 0.3) is 0 Å². The molecule has 5 N–H and O–H groups in total. The van der Waals surface area contributed by atoms with Crippen LogP contribution in [-0.4, -0.2) is 80.6 Å². The van der Waals surface area contributed by atoms with E-state index in [0.29, 0.717) is 11.3 Å². The second kappa shape index (κ2) is 15.5. The van der Waals surface area contributed by atoms with Crippen LogP contribution >= 0.6 is 22.9 Å². The van der Waals surface area contributed by atoms with Crippen molar-refractivity contribution in [2.45, 2.75) is 97.7 Å². The van der Waals surface area contributed by atoms with Crippen LogP contribution in [-0.2, 0) is 42.3 Å². The highest BCUT2D eigenvalue weighted by Gasteiger charge is 2.42. The fraction of sp³-hybridized carbons (Fsp3) is 0.548. The van der Waals surface area contributed by atoms with Crippen molar-refractivity contribution >= 4 is 63.7 Å². The molecule has 0 radical (unpaired) electrons. The van der Waals surface area contributed by atoms with E-state index in [4.69, 9.17) is 25.9 Å². The first-order chi connectivity index (χ1) is 23.0. The van der Waals surface area contributed by atoms with Crippen molar-refractivity contribution in [3.05, 3.63) is 43.8 Å². The Balaban J connectivity index is 1.77. The molecule has 1 saturated heterocycles. The van der Waals surface area contributed by atoms with Gasteiger partial charge in [-0.1, -0.05) is 28.1 Å². The summed E-state index contributed by atoms with van der Waals surface area (Å²) in [6.45, 7) is 14.5. The molecule has 3 heterocycles. The highest BCUT2D eigenvalue weighted by atomic mass is 35.5. The lowest BCUT2D eigenvalue weighted by atomic mass is 9.98. The maximum absolute atomic E-state index is 13.7. The topological polar surface area (TPSA) is 220 Å². The molecule has 1 aliphatic rings. The summed E-state index contributed by atoms with van der Waals surface area (Å²) in [5.41, 5.74) is -3.10. The van der Waals surface area contributed by atoms with Crippen molar-refractivity contribution in [1.29, 1.82) is 0 Å². The molecule has 3 rings (SSSR count). The molecule has 1 aliphatic heterocycles. The van der Waals surface area contributed by atoms with Gasteiger partial charge in [0.1, 0.15) is 27.3 Å².